The van der Waals surface area contributed by atoms with Crippen molar-refractivity contribution < 1.29 is 4.79 Å². The third-order valence-electron chi connectivity index (χ3n) is 3.56. The Morgan fingerprint density at radius 3 is 3.00 bits per heavy atom. The molecule has 0 saturated carbocycles. The highest BCUT2D eigenvalue weighted by molar-refractivity contribution is 5.79. The Kier molecular flexibility index (Phi) is 4.37. The maximum atomic E-state index is 11.9. The average Bonchev–Trinajstić information content (AvgIpc) is 2.84. The lowest BCUT2D eigenvalue weighted by Crippen LogP contribution is -2.37. The predicted octanol–water partition coefficient (Wildman–Crippen LogP) is 1.71. The van der Waals surface area contributed by atoms with Crippen molar-refractivity contribution in [3.8, 4) is 0 Å². The predicted molar refractivity (Wildman–Crippen MR) is 73.7 cm³/mol. The van der Waals surface area contributed by atoms with Crippen LogP contribution in [0.2, 0.25) is 0 Å². The molecular formula is C15H22N2O. The van der Waals surface area contributed by atoms with Gasteiger partial charge in [-0.2, -0.15) is 0 Å². The number of carbonyl (C=O) groups excluding carboxylic acids is 1. The van der Waals surface area contributed by atoms with Crippen molar-refractivity contribution in [2.24, 2.45) is 0 Å². The lowest BCUT2D eigenvalue weighted by molar-refractivity contribution is -0.120. The van der Waals surface area contributed by atoms with Gasteiger partial charge in [-0.05, 0) is 44.4 Å². The van der Waals surface area contributed by atoms with E-state index in [4.69, 9.17) is 0 Å². The molecule has 3 heteroatoms. The van der Waals surface area contributed by atoms with Gasteiger partial charge in [-0.3, -0.25) is 4.79 Å². The molecule has 2 rings (SSSR count). The van der Waals surface area contributed by atoms with E-state index in [1.54, 1.807) is 0 Å². The summed E-state index contributed by atoms with van der Waals surface area (Å²) >= 11 is 0. The van der Waals surface area contributed by atoms with Crippen LogP contribution in [0.15, 0.2) is 18.2 Å². The van der Waals surface area contributed by atoms with Gasteiger partial charge >= 0.3 is 0 Å². The standard InChI is InChI=1S/C15H22N2O/c1-11-5-6-12(2)13(8-11)9-15(18)17-10-14-4-3-7-16-14/h5-6,8,14,16H,3-4,7,9-10H2,1-2H3,(H,17,18)/t14-/m1/s1. The van der Waals surface area contributed by atoms with E-state index in [-0.39, 0.29) is 5.91 Å². The largest absolute Gasteiger partial charge is 0.354 e. The first kappa shape index (κ1) is 13.1. The van der Waals surface area contributed by atoms with Gasteiger partial charge in [0.1, 0.15) is 0 Å². The van der Waals surface area contributed by atoms with E-state index in [1.807, 2.05) is 0 Å². The van der Waals surface area contributed by atoms with Crippen LogP contribution in [0.4, 0.5) is 0 Å². The summed E-state index contributed by atoms with van der Waals surface area (Å²) in [6, 6.07) is 6.73. The molecule has 98 valence electrons. The molecule has 0 radical (unpaired) electrons. The monoisotopic (exact) mass is 246 g/mol. The van der Waals surface area contributed by atoms with Crippen molar-refractivity contribution >= 4 is 5.91 Å². The third-order valence-corrected chi connectivity index (χ3v) is 3.56. The van der Waals surface area contributed by atoms with Gasteiger partial charge in [-0.25, -0.2) is 0 Å². The van der Waals surface area contributed by atoms with E-state index in [2.05, 4.69) is 42.7 Å². The molecule has 1 aliphatic rings. The van der Waals surface area contributed by atoms with Crippen molar-refractivity contribution in [2.75, 3.05) is 13.1 Å². The minimum Gasteiger partial charge on any atom is -0.354 e. The number of aryl methyl sites for hydroxylation is 2. The molecular weight excluding hydrogens is 224 g/mol. The van der Waals surface area contributed by atoms with Gasteiger partial charge in [0.15, 0.2) is 0 Å². The lowest BCUT2D eigenvalue weighted by atomic mass is 10.0. The molecule has 1 fully saturated rings. The Bertz CT molecular complexity index is 423. The molecule has 0 unspecified atom stereocenters. The molecule has 18 heavy (non-hydrogen) atoms. The minimum atomic E-state index is 0.123. The first-order chi connectivity index (χ1) is 8.65. The second-order valence-corrected chi connectivity index (χ2v) is 5.20. The highest BCUT2D eigenvalue weighted by Crippen LogP contribution is 2.11. The Morgan fingerprint density at radius 1 is 1.44 bits per heavy atom. The SMILES string of the molecule is Cc1ccc(C)c(CC(=O)NC[C@H]2CCCN2)c1. The van der Waals surface area contributed by atoms with Crippen LogP contribution in [0.5, 0.6) is 0 Å². The Labute approximate surface area is 109 Å². The quantitative estimate of drug-likeness (QED) is 0.849. The first-order valence-corrected chi connectivity index (χ1v) is 6.71. The van der Waals surface area contributed by atoms with Crippen LogP contribution in [-0.4, -0.2) is 25.0 Å². The topological polar surface area (TPSA) is 41.1 Å². The van der Waals surface area contributed by atoms with Crippen LogP contribution in [0, 0.1) is 13.8 Å². The second kappa shape index (κ2) is 6.01. The van der Waals surface area contributed by atoms with Gasteiger partial charge in [-0.15, -0.1) is 0 Å². The summed E-state index contributed by atoms with van der Waals surface area (Å²) < 4.78 is 0. The van der Waals surface area contributed by atoms with Gasteiger partial charge < -0.3 is 10.6 Å². The van der Waals surface area contributed by atoms with Crippen LogP contribution < -0.4 is 10.6 Å². The summed E-state index contributed by atoms with van der Waals surface area (Å²) in [5, 5.41) is 6.40. The zero-order chi connectivity index (χ0) is 13.0. The smallest absolute Gasteiger partial charge is 0.224 e. The molecule has 0 aliphatic carbocycles. The van der Waals surface area contributed by atoms with Crippen molar-refractivity contribution in [1.82, 2.24) is 10.6 Å². The van der Waals surface area contributed by atoms with Crippen LogP contribution in [0.3, 0.4) is 0 Å². The number of amides is 1. The molecule has 1 aromatic carbocycles. The average molecular weight is 246 g/mol. The molecule has 2 N–H and O–H groups in total. The number of hydrogen-bond donors (Lipinski definition) is 2. The first-order valence-electron chi connectivity index (χ1n) is 6.71. The molecule has 1 aliphatic heterocycles. The number of benzene rings is 1. The molecule has 0 bridgehead atoms. The van der Waals surface area contributed by atoms with Crippen LogP contribution >= 0.6 is 0 Å². The van der Waals surface area contributed by atoms with E-state index in [0.717, 1.165) is 18.7 Å². The Hall–Kier alpha value is -1.35. The molecule has 3 nitrogen and oxygen atoms in total. The van der Waals surface area contributed by atoms with Crippen LogP contribution in [0.25, 0.3) is 0 Å². The third kappa shape index (κ3) is 3.57. The zero-order valence-corrected chi connectivity index (χ0v) is 11.3. The lowest BCUT2D eigenvalue weighted by Gasteiger charge is -2.12. The van der Waals surface area contributed by atoms with E-state index in [9.17, 15) is 4.79 Å². The van der Waals surface area contributed by atoms with Crippen LogP contribution in [0.1, 0.15) is 29.5 Å². The molecule has 1 saturated heterocycles. The molecule has 1 heterocycles. The minimum absolute atomic E-state index is 0.123. The highest BCUT2D eigenvalue weighted by Gasteiger charge is 2.14. The number of hydrogen-bond acceptors (Lipinski definition) is 2. The van der Waals surface area contributed by atoms with E-state index < -0.39 is 0 Å². The normalized spacial score (nSPS) is 18.9. The maximum Gasteiger partial charge on any atom is 0.224 e. The maximum absolute atomic E-state index is 11.9. The van der Waals surface area contributed by atoms with Crippen molar-refractivity contribution in [1.29, 1.82) is 0 Å². The van der Waals surface area contributed by atoms with Crippen molar-refractivity contribution in [3.63, 3.8) is 0 Å². The highest BCUT2D eigenvalue weighted by atomic mass is 16.1. The molecule has 1 aromatic rings. The second-order valence-electron chi connectivity index (χ2n) is 5.20. The summed E-state index contributed by atoms with van der Waals surface area (Å²) in [4.78, 5) is 11.9. The summed E-state index contributed by atoms with van der Waals surface area (Å²) in [6.07, 6.45) is 2.88. The van der Waals surface area contributed by atoms with Gasteiger partial charge in [0.2, 0.25) is 5.91 Å². The number of carbonyl (C=O) groups is 1. The summed E-state index contributed by atoms with van der Waals surface area (Å²) in [5.74, 6) is 0.123. The zero-order valence-electron chi connectivity index (χ0n) is 11.3. The van der Waals surface area contributed by atoms with Crippen LogP contribution in [-0.2, 0) is 11.2 Å². The van der Waals surface area contributed by atoms with E-state index >= 15 is 0 Å². The fourth-order valence-electron chi connectivity index (χ4n) is 2.39. The summed E-state index contributed by atoms with van der Waals surface area (Å²) in [6.45, 7) is 5.95. The van der Waals surface area contributed by atoms with E-state index in [1.165, 1.54) is 24.0 Å². The van der Waals surface area contributed by atoms with Gasteiger partial charge in [-0.1, -0.05) is 23.8 Å². The molecule has 0 spiro atoms. The fraction of sp³-hybridized carbons (Fsp3) is 0.533. The molecule has 0 aromatic heterocycles. The molecule has 1 atom stereocenters. The number of nitrogens with one attached hydrogen (secondary N) is 2. The van der Waals surface area contributed by atoms with E-state index in [0.29, 0.717) is 12.5 Å². The Balaban J connectivity index is 1.84. The van der Waals surface area contributed by atoms with Gasteiger partial charge in [0.25, 0.3) is 0 Å². The van der Waals surface area contributed by atoms with Crippen molar-refractivity contribution in [2.45, 2.75) is 39.2 Å². The Morgan fingerprint density at radius 2 is 2.28 bits per heavy atom. The summed E-state index contributed by atoms with van der Waals surface area (Å²) in [7, 11) is 0. The number of rotatable bonds is 4. The van der Waals surface area contributed by atoms with Gasteiger partial charge in [0, 0.05) is 12.6 Å². The summed E-state index contributed by atoms with van der Waals surface area (Å²) in [5.41, 5.74) is 3.53. The van der Waals surface area contributed by atoms with Crippen molar-refractivity contribution in [3.05, 3.63) is 34.9 Å². The van der Waals surface area contributed by atoms with Gasteiger partial charge in [0.05, 0.1) is 6.42 Å². The fourth-order valence-corrected chi connectivity index (χ4v) is 2.39. The molecule has 1 amide bonds.